The first-order chi connectivity index (χ1) is 7.11. The second kappa shape index (κ2) is 5.50. The second-order valence-electron chi connectivity index (χ2n) is 2.49. The molecule has 0 aromatic heterocycles. The van der Waals surface area contributed by atoms with E-state index in [1.165, 1.54) is 0 Å². The summed E-state index contributed by atoms with van der Waals surface area (Å²) in [7, 11) is 0. The van der Waals surface area contributed by atoms with Gasteiger partial charge in [0.05, 0.1) is 5.88 Å². The molecule has 0 aliphatic carbocycles. The summed E-state index contributed by atoms with van der Waals surface area (Å²) < 4.78 is 34.2. The van der Waals surface area contributed by atoms with Crippen molar-refractivity contribution in [1.82, 2.24) is 0 Å². The Hall–Kier alpha value is -1.36. The van der Waals surface area contributed by atoms with Gasteiger partial charge in [-0.3, -0.25) is 0 Å². The molecular weight excluding hydrogens is 230 g/mol. The van der Waals surface area contributed by atoms with E-state index in [0.29, 0.717) is 6.07 Å². The van der Waals surface area contributed by atoms with Crippen molar-refractivity contribution in [3.05, 3.63) is 29.8 Å². The summed E-state index contributed by atoms with van der Waals surface area (Å²) >= 11 is 5.25. The number of benzene rings is 1. The molecule has 0 saturated heterocycles. The molecular formula is C9H7ClF2O3. The molecule has 82 valence electrons. The van der Waals surface area contributed by atoms with Crippen LogP contribution in [0.2, 0.25) is 0 Å². The predicted molar refractivity (Wildman–Crippen MR) is 49.1 cm³/mol. The van der Waals surface area contributed by atoms with Crippen LogP contribution in [0.15, 0.2) is 18.2 Å². The quantitative estimate of drug-likeness (QED) is 0.460. The van der Waals surface area contributed by atoms with Crippen molar-refractivity contribution in [2.45, 2.75) is 0 Å². The zero-order valence-corrected chi connectivity index (χ0v) is 8.26. The lowest BCUT2D eigenvalue weighted by Crippen LogP contribution is -2.12. The van der Waals surface area contributed by atoms with Gasteiger partial charge in [0.2, 0.25) is 0 Å². The van der Waals surface area contributed by atoms with Gasteiger partial charge in [0.25, 0.3) is 0 Å². The van der Waals surface area contributed by atoms with E-state index in [0.717, 1.165) is 12.1 Å². The maximum atomic E-state index is 12.6. The van der Waals surface area contributed by atoms with Gasteiger partial charge in [-0.1, -0.05) is 0 Å². The minimum atomic E-state index is -1.05. The number of hydrogen-bond acceptors (Lipinski definition) is 3. The summed E-state index contributed by atoms with van der Waals surface area (Å²) in [6, 6.07) is 2.40. The van der Waals surface area contributed by atoms with Crippen LogP contribution in [0.4, 0.5) is 13.6 Å². The molecule has 0 aliphatic rings. The number of carbonyl (C=O) groups excluding carboxylic acids is 1. The number of rotatable bonds is 3. The Balaban J connectivity index is 2.60. The van der Waals surface area contributed by atoms with E-state index in [1.54, 1.807) is 0 Å². The SMILES string of the molecule is O=C(OCCCl)Oc1cc(F)cc(F)c1. The molecule has 6 heteroatoms. The highest BCUT2D eigenvalue weighted by molar-refractivity contribution is 6.18. The van der Waals surface area contributed by atoms with Gasteiger partial charge in [0, 0.05) is 18.2 Å². The van der Waals surface area contributed by atoms with Gasteiger partial charge in [-0.25, -0.2) is 13.6 Å². The predicted octanol–water partition coefficient (Wildman–Crippen LogP) is 2.72. The van der Waals surface area contributed by atoms with Gasteiger partial charge >= 0.3 is 6.16 Å². The first-order valence-electron chi connectivity index (χ1n) is 3.98. The van der Waals surface area contributed by atoms with Crippen LogP contribution in [-0.4, -0.2) is 18.6 Å². The lowest BCUT2D eigenvalue weighted by Gasteiger charge is -2.04. The van der Waals surface area contributed by atoms with Crippen molar-refractivity contribution in [1.29, 1.82) is 0 Å². The molecule has 0 N–H and O–H groups in total. The average molecular weight is 237 g/mol. The fourth-order valence-electron chi connectivity index (χ4n) is 0.835. The largest absolute Gasteiger partial charge is 0.513 e. The molecule has 1 aromatic carbocycles. The van der Waals surface area contributed by atoms with Crippen molar-refractivity contribution >= 4 is 17.8 Å². The van der Waals surface area contributed by atoms with Gasteiger partial charge in [-0.05, 0) is 0 Å². The molecule has 0 heterocycles. The van der Waals surface area contributed by atoms with Crippen LogP contribution in [0, 0.1) is 11.6 Å². The zero-order valence-electron chi connectivity index (χ0n) is 7.50. The number of hydrogen-bond donors (Lipinski definition) is 0. The Kier molecular flexibility index (Phi) is 4.30. The average Bonchev–Trinajstić information content (AvgIpc) is 2.13. The Morgan fingerprint density at radius 3 is 2.40 bits per heavy atom. The summed E-state index contributed by atoms with van der Waals surface area (Å²) in [4.78, 5) is 10.8. The molecule has 0 saturated carbocycles. The second-order valence-corrected chi connectivity index (χ2v) is 2.87. The molecule has 0 bridgehead atoms. The third-order valence-corrected chi connectivity index (χ3v) is 1.49. The minimum Gasteiger partial charge on any atom is -0.433 e. The van der Waals surface area contributed by atoms with E-state index in [9.17, 15) is 13.6 Å². The summed E-state index contributed by atoms with van der Waals surface area (Å²) in [6.07, 6.45) is -1.05. The van der Waals surface area contributed by atoms with Crippen LogP contribution >= 0.6 is 11.6 Å². The van der Waals surface area contributed by atoms with Crippen molar-refractivity contribution in [3.8, 4) is 5.75 Å². The van der Waals surface area contributed by atoms with E-state index in [4.69, 9.17) is 11.6 Å². The van der Waals surface area contributed by atoms with Crippen molar-refractivity contribution < 1.29 is 23.0 Å². The molecule has 0 aliphatic heterocycles. The van der Waals surface area contributed by atoms with Crippen molar-refractivity contribution in [3.63, 3.8) is 0 Å². The molecule has 0 fully saturated rings. The van der Waals surface area contributed by atoms with E-state index in [1.807, 2.05) is 0 Å². The number of halogens is 3. The molecule has 0 amide bonds. The van der Waals surface area contributed by atoms with Crippen LogP contribution in [-0.2, 0) is 4.74 Å². The lowest BCUT2D eigenvalue weighted by molar-refractivity contribution is 0.105. The maximum absolute atomic E-state index is 12.6. The minimum absolute atomic E-state index is 0.0296. The van der Waals surface area contributed by atoms with Crippen LogP contribution < -0.4 is 4.74 Å². The van der Waals surface area contributed by atoms with E-state index < -0.39 is 17.8 Å². The highest BCUT2D eigenvalue weighted by Gasteiger charge is 2.08. The van der Waals surface area contributed by atoms with Gasteiger partial charge < -0.3 is 9.47 Å². The van der Waals surface area contributed by atoms with Gasteiger partial charge in [-0.15, -0.1) is 11.6 Å². The van der Waals surface area contributed by atoms with Crippen molar-refractivity contribution in [2.24, 2.45) is 0 Å². The summed E-state index contributed by atoms with van der Waals surface area (Å²) in [5.41, 5.74) is 0. The Morgan fingerprint density at radius 2 is 1.87 bits per heavy atom. The van der Waals surface area contributed by atoms with Gasteiger partial charge in [0.1, 0.15) is 24.0 Å². The zero-order chi connectivity index (χ0) is 11.3. The fourth-order valence-corrected chi connectivity index (χ4v) is 0.912. The summed E-state index contributed by atoms with van der Waals surface area (Å²) in [5, 5.41) is 0. The first kappa shape index (κ1) is 11.7. The van der Waals surface area contributed by atoms with Gasteiger partial charge in [0.15, 0.2) is 0 Å². The smallest absolute Gasteiger partial charge is 0.433 e. The highest BCUT2D eigenvalue weighted by Crippen LogP contribution is 2.15. The summed E-state index contributed by atoms with van der Waals surface area (Å²) in [6.45, 7) is -0.0296. The fraction of sp³-hybridized carbons (Fsp3) is 0.222. The standard InChI is InChI=1S/C9H7ClF2O3/c10-1-2-14-9(13)15-8-4-6(11)3-7(12)5-8/h3-5H,1-2H2. The molecule has 0 spiro atoms. The molecule has 0 atom stereocenters. The van der Waals surface area contributed by atoms with Crippen LogP contribution in [0.25, 0.3) is 0 Å². The number of ether oxygens (including phenoxy) is 2. The van der Waals surface area contributed by atoms with Crippen LogP contribution in [0.1, 0.15) is 0 Å². The molecule has 1 rings (SSSR count). The molecule has 0 unspecified atom stereocenters. The maximum Gasteiger partial charge on any atom is 0.513 e. The Bertz CT molecular complexity index is 337. The number of alkyl halides is 1. The highest BCUT2D eigenvalue weighted by atomic mass is 35.5. The van der Waals surface area contributed by atoms with E-state index in [2.05, 4.69) is 9.47 Å². The third-order valence-electron chi connectivity index (χ3n) is 1.33. The van der Waals surface area contributed by atoms with Crippen LogP contribution in [0.5, 0.6) is 5.75 Å². The number of carbonyl (C=O) groups is 1. The first-order valence-corrected chi connectivity index (χ1v) is 4.52. The lowest BCUT2D eigenvalue weighted by atomic mass is 10.3. The Labute approximate surface area is 89.5 Å². The van der Waals surface area contributed by atoms with Gasteiger partial charge in [-0.2, -0.15) is 0 Å². The monoisotopic (exact) mass is 236 g/mol. The normalized spacial score (nSPS) is 9.80. The molecule has 15 heavy (non-hydrogen) atoms. The topological polar surface area (TPSA) is 35.5 Å². The van der Waals surface area contributed by atoms with E-state index in [-0.39, 0.29) is 18.2 Å². The third kappa shape index (κ3) is 4.12. The molecule has 3 nitrogen and oxygen atoms in total. The van der Waals surface area contributed by atoms with E-state index >= 15 is 0 Å². The summed E-state index contributed by atoms with van der Waals surface area (Å²) in [5.74, 6) is -1.82. The molecule has 1 aromatic rings. The van der Waals surface area contributed by atoms with Crippen molar-refractivity contribution in [2.75, 3.05) is 12.5 Å². The Morgan fingerprint density at radius 1 is 1.27 bits per heavy atom. The molecule has 0 radical (unpaired) electrons. The van der Waals surface area contributed by atoms with Crippen LogP contribution in [0.3, 0.4) is 0 Å².